The van der Waals surface area contributed by atoms with Gasteiger partial charge in [0, 0.05) is 0 Å². The summed E-state index contributed by atoms with van der Waals surface area (Å²) in [4.78, 5) is 0. The molecule has 0 aromatic carbocycles. The molecule has 1 radical (unpaired) electrons. The normalized spacial score (nSPS) is 14.9. The SMILES string of the molecule is [CH2]CC=C(C)CC(C)C=C. The zero-order valence-corrected chi connectivity index (χ0v) is 7.06. The molecule has 0 aliphatic rings. The van der Waals surface area contributed by atoms with Crippen molar-refractivity contribution in [1.29, 1.82) is 0 Å². The summed E-state index contributed by atoms with van der Waals surface area (Å²) in [6, 6.07) is 0. The smallest absolute Gasteiger partial charge is 0.0227 e. The number of hydrogen-bond acceptors (Lipinski definition) is 0. The molecule has 1 atom stereocenters. The summed E-state index contributed by atoms with van der Waals surface area (Å²) in [5.41, 5.74) is 1.42. The first-order valence-electron chi connectivity index (χ1n) is 3.78. The lowest BCUT2D eigenvalue weighted by Crippen LogP contribution is -1.89. The van der Waals surface area contributed by atoms with E-state index in [0.29, 0.717) is 5.92 Å². The Morgan fingerprint density at radius 3 is 2.60 bits per heavy atom. The van der Waals surface area contributed by atoms with Gasteiger partial charge in [0.1, 0.15) is 0 Å². The van der Waals surface area contributed by atoms with Gasteiger partial charge in [0.2, 0.25) is 0 Å². The predicted molar refractivity (Wildman–Crippen MR) is 47.7 cm³/mol. The molecule has 0 fully saturated rings. The van der Waals surface area contributed by atoms with Gasteiger partial charge in [-0.05, 0) is 32.6 Å². The first-order valence-corrected chi connectivity index (χ1v) is 3.78. The monoisotopic (exact) mass is 137 g/mol. The van der Waals surface area contributed by atoms with Crippen LogP contribution < -0.4 is 0 Å². The number of rotatable bonds is 4. The fourth-order valence-corrected chi connectivity index (χ4v) is 0.921. The Kier molecular flexibility index (Phi) is 5.00. The molecule has 0 N–H and O–H groups in total. The summed E-state index contributed by atoms with van der Waals surface area (Å²) in [5, 5.41) is 0. The molecule has 0 spiro atoms. The quantitative estimate of drug-likeness (QED) is 0.521. The molecule has 1 unspecified atom stereocenters. The van der Waals surface area contributed by atoms with Crippen LogP contribution in [0.1, 0.15) is 26.7 Å². The van der Waals surface area contributed by atoms with E-state index in [1.807, 2.05) is 6.08 Å². The van der Waals surface area contributed by atoms with Crippen LogP contribution in [0.3, 0.4) is 0 Å². The second-order valence-corrected chi connectivity index (χ2v) is 2.76. The Morgan fingerprint density at radius 2 is 2.20 bits per heavy atom. The maximum atomic E-state index is 3.76. The van der Waals surface area contributed by atoms with Crippen molar-refractivity contribution in [3.8, 4) is 0 Å². The fourth-order valence-electron chi connectivity index (χ4n) is 0.921. The van der Waals surface area contributed by atoms with Crippen LogP contribution in [-0.2, 0) is 0 Å². The van der Waals surface area contributed by atoms with E-state index < -0.39 is 0 Å². The summed E-state index contributed by atoms with van der Waals surface area (Å²) in [6.45, 7) is 11.8. The van der Waals surface area contributed by atoms with Gasteiger partial charge in [-0.1, -0.05) is 24.6 Å². The van der Waals surface area contributed by atoms with Crippen molar-refractivity contribution in [2.75, 3.05) is 0 Å². The molecule has 0 amide bonds. The summed E-state index contributed by atoms with van der Waals surface area (Å²) >= 11 is 0. The average molecular weight is 137 g/mol. The van der Waals surface area contributed by atoms with Gasteiger partial charge in [-0.2, -0.15) is 0 Å². The first kappa shape index (κ1) is 9.48. The predicted octanol–water partition coefficient (Wildman–Crippen LogP) is 3.37. The molecule has 0 heterocycles. The third-order valence-corrected chi connectivity index (χ3v) is 1.54. The minimum Gasteiger partial charge on any atom is -0.103 e. The zero-order chi connectivity index (χ0) is 7.98. The topological polar surface area (TPSA) is 0 Å². The van der Waals surface area contributed by atoms with Gasteiger partial charge in [-0.15, -0.1) is 6.58 Å². The van der Waals surface area contributed by atoms with E-state index >= 15 is 0 Å². The molecule has 57 valence electrons. The minimum atomic E-state index is 0.600. The summed E-state index contributed by atoms with van der Waals surface area (Å²) < 4.78 is 0. The van der Waals surface area contributed by atoms with E-state index in [2.05, 4.69) is 33.4 Å². The molecular weight excluding hydrogens is 120 g/mol. The van der Waals surface area contributed by atoms with Gasteiger partial charge in [-0.25, -0.2) is 0 Å². The van der Waals surface area contributed by atoms with Gasteiger partial charge in [0.05, 0.1) is 0 Å². The fraction of sp³-hybridized carbons (Fsp3) is 0.500. The standard InChI is InChI=1S/C10H17/c1-5-7-10(4)8-9(3)6-2/h6-7,9H,1-2,5,8H2,3-4H3. The van der Waals surface area contributed by atoms with Gasteiger partial charge >= 0.3 is 0 Å². The van der Waals surface area contributed by atoms with Crippen LogP contribution in [0.4, 0.5) is 0 Å². The van der Waals surface area contributed by atoms with E-state index in [1.54, 1.807) is 0 Å². The highest BCUT2D eigenvalue weighted by molar-refractivity contribution is 5.01. The molecule has 0 nitrogen and oxygen atoms in total. The Balaban J connectivity index is 3.66. The largest absolute Gasteiger partial charge is 0.103 e. The highest BCUT2D eigenvalue weighted by Crippen LogP contribution is 2.11. The lowest BCUT2D eigenvalue weighted by atomic mass is 10.0. The molecule has 10 heavy (non-hydrogen) atoms. The van der Waals surface area contributed by atoms with Crippen molar-refractivity contribution in [2.24, 2.45) is 5.92 Å². The summed E-state index contributed by atoms with van der Waals surface area (Å²) in [5.74, 6) is 0.600. The van der Waals surface area contributed by atoms with Crippen molar-refractivity contribution >= 4 is 0 Å². The molecular formula is C10H17. The highest BCUT2D eigenvalue weighted by Gasteiger charge is 1.95. The number of hydrogen-bond donors (Lipinski definition) is 0. The molecule has 0 rings (SSSR count). The Labute approximate surface area is 64.6 Å². The second kappa shape index (κ2) is 5.28. The summed E-state index contributed by atoms with van der Waals surface area (Å²) in [6.07, 6.45) is 6.18. The Hall–Kier alpha value is -0.520. The molecule has 0 saturated heterocycles. The molecule has 0 aliphatic carbocycles. The van der Waals surface area contributed by atoms with Crippen LogP contribution in [0.15, 0.2) is 24.3 Å². The van der Waals surface area contributed by atoms with Gasteiger partial charge in [0.25, 0.3) is 0 Å². The number of allylic oxidation sites excluding steroid dienone is 3. The molecule has 0 heteroatoms. The van der Waals surface area contributed by atoms with E-state index in [0.717, 1.165) is 12.8 Å². The van der Waals surface area contributed by atoms with Crippen molar-refractivity contribution in [1.82, 2.24) is 0 Å². The molecule has 0 saturated carbocycles. The van der Waals surface area contributed by atoms with Crippen LogP contribution in [0.5, 0.6) is 0 Å². The maximum absolute atomic E-state index is 3.76. The Morgan fingerprint density at radius 1 is 1.60 bits per heavy atom. The van der Waals surface area contributed by atoms with Crippen LogP contribution in [0.2, 0.25) is 0 Å². The Bertz CT molecular complexity index is 120. The summed E-state index contributed by atoms with van der Waals surface area (Å²) in [7, 11) is 0. The van der Waals surface area contributed by atoms with Gasteiger partial charge < -0.3 is 0 Å². The van der Waals surface area contributed by atoms with E-state index in [4.69, 9.17) is 0 Å². The third kappa shape index (κ3) is 4.37. The molecule has 0 aliphatic heterocycles. The van der Waals surface area contributed by atoms with Crippen LogP contribution in [0.25, 0.3) is 0 Å². The lowest BCUT2D eigenvalue weighted by molar-refractivity contribution is 0.716. The van der Waals surface area contributed by atoms with Crippen molar-refractivity contribution in [2.45, 2.75) is 26.7 Å². The van der Waals surface area contributed by atoms with Crippen LogP contribution in [0, 0.1) is 12.8 Å². The minimum absolute atomic E-state index is 0.600. The third-order valence-electron chi connectivity index (χ3n) is 1.54. The average Bonchev–Trinajstić information content (AvgIpc) is 1.88. The van der Waals surface area contributed by atoms with Crippen molar-refractivity contribution < 1.29 is 0 Å². The van der Waals surface area contributed by atoms with Gasteiger partial charge in [-0.3, -0.25) is 0 Å². The van der Waals surface area contributed by atoms with Crippen molar-refractivity contribution in [3.63, 3.8) is 0 Å². The highest BCUT2D eigenvalue weighted by atomic mass is 14.0. The van der Waals surface area contributed by atoms with E-state index in [9.17, 15) is 0 Å². The molecule has 0 bridgehead atoms. The van der Waals surface area contributed by atoms with Gasteiger partial charge in [0.15, 0.2) is 0 Å². The zero-order valence-electron chi connectivity index (χ0n) is 7.06. The van der Waals surface area contributed by atoms with Crippen molar-refractivity contribution in [3.05, 3.63) is 31.2 Å². The van der Waals surface area contributed by atoms with Crippen LogP contribution in [-0.4, -0.2) is 0 Å². The van der Waals surface area contributed by atoms with Crippen LogP contribution >= 0.6 is 0 Å². The van der Waals surface area contributed by atoms with E-state index in [1.165, 1.54) is 5.57 Å². The van der Waals surface area contributed by atoms with E-state index in [-0.39, 0.29) is 0 Å². The lowest BCUT2D eigenvalue weighted by Gasteiger charge is -2.04. The second-order valence-electron chi connectivity index (χ2n) is 2.76. The molecule has 0 aromatic heterocycles. The molecule has 0 aromatic rings. The first-order chi connectivity index (χ1) is 4.70. The maximum Gasteiger partial charge on any atom is -0.0227 e.